The molecule has 314 valence electrons. The van der Waals surface area contributed by atoms with E-state index in [1.165, 1.54) is 69.7 Å². The van der Waals surface area contributed by atoms with Crippen LogP contribution in [-0.4, -0.2) is 4.21 Å². The Kier molecular flexibility index (Phi) is 16.3. The standard InChI is InChI=1S/C29H37.2C11H9.C5H5.CH2.2ClH.Zr/c1-18-25-22-17-19-13-9-10-14-20(19)24(22)21-15-11-12-16-23(21)29(25,8)28(6,7)27(4,5)26(18,2)3;2*1-9-5-4-7-10-6-2-3-8-11(9)10;1-2-4-5-3-1;;;;/h9-11,13-15,23H,12,16-17H2,1-8H3;2*2-8H,1H2;1-3H,4H2;1H2;2*1H;/q4*-1;;;;. The van der Waals surface area contributed by atoms with Crippen LogP contribution in [0, 0.1) is 53.4 Å². The van der Waals surface area contributed by atoms with Gasteiger partial charge in [-0.2, -0.15) is 54.3 Å². The summed E-state index contributed by atoms with van der Waals surface area (Å²) in [6.45, 7) is 28.2. The number of fused-ring (bicyclic) bond motifs is 8. The van der Waals surface area contributed by atoms with Gasteiger partial charge in [0.1, 0.15) is 0 Å². The van der Waals surface area contributed by atoms with Crippen molar-refractivity contribution in [2.45, 2.75) is 81.1 Å². The van der Waals surface area contributed by atoms with Gasteiger partial charge in [0.2, 0.25) is 0 Å². The molecule has 0 saturated heterocycles. The van der Waals surface area contributed by atoms with E-state index < -0.39 is 0 Å². The quantitative estimate of drug-likeness (QED) is 0.136. The number of hydrogen-bond donors (Lipinski definition) is 0. The summed E-state index contributed by atoms with van der Waals surface area (Å²) < 4.78 is 3.34. The van der Waals surface area contributed by atoms with Crippen molar-refractivity contribution in [1.82, 2.24) is 0 Å². The molecule has 0 aliphatic heterocycles. The Morgan fingerprint density at radius 1 is 0.683 bits per heavy atom. The molecule has 5 aliphatic rings. The van der Waals surface area contributed by atoms with Crippen molar-refractivity contribution in [2.24, 2.45) is 27.6 Å². The molecule has 3 heteroatoms. The van der Waals surface area contributed by atoms with Crippen LogP contribution in [0.3, 0.4) is 0 Å². The molecule has 10 rings (SSSR count). The molecule has 2 atom stereocenters. The second-order valence-corrected chi connectivity index (χ2v) is 18.0. The van der Waals surface area contributed by atoms with E-state index in [0.717, 1.165) is 24.0 Å². The SMILES string of the molecule is C[C-]1C2=C3Cc4ccccc4C3=C3C=CCCC3C2(C)C(C)(C)C(C)(C)C1(C)C.Cl.Cl.[C-]1=CC=CC1.[CH2-]c1cccc2ccccc12.[CH2-]c1cccc2ccccc12.[CH2]=[Zr]. The van der Waals surface area contributed by atoms with Crippen LogP contribution in [0.4, 0.5) is 0 Å². The third-order valence-corrected chi connectivity index (χ3v) is 15.1. The van der Waals surface area contributed by atoms with Crippen molar-refractivity contribution in [3.05, 3.63) is 204 Å². The molecule has 0 spiro atoms. The van der Waals surface area contributed by atoms with E-state index >= 15 is 0 Å². The summed E-state index contributed by atoms with van der Waals surface area (Å²) in [6.07, 6.45) is 18.5. The van der Waals surface area contributed by atoms with Gasteiger partial charge in [-0.25, -0.2) is 18.1 Å². The van der Waals surface area contributed by atoms with Crippen molar-refractivity contribution in [2.75, 3.05) is 0 Å². The zero-order valence-electron chi connectivity index (χ0n) is 37.1. The molecule has 1 saturated carbocycles. The van der Waals surface area contributed by atoms with Gasteiger partial charge in [0.15, 0.2) is 0 Å². The van der Waals surface area contributed by atoms with Gasteiger partial charge in [0.05, 0.1) is 0 Å². The van der Waals surface area contributed by atoms with Gasteiger partial charge >= 0.3 is 28.4 Å². The van der Waals surface area contributed by atoms with Crippen molar-refractivity contribution >= 4 is 56.1 Å². The predicted molar refractivity (Wildman–Crippen MR) is 264 cm³/mol. The minimum atomic E-state index is 0. The fourth-order valence-corrected chi connectivity index (χ4v) is 10.5. The van der Waals surface area contributed by atoms with E-state index in [2.05, 4.69) is 158 Å². The molecule has 2 unspecified atom stereocenters. The molecule has 0 N–H and O–H groups in total. The van der Waals surface area contributed by atoms with Crippen LogP contribution in [0.25, 0.3) is 27.1 Å². The number of benzene rings is 5. The normalized spacial score (nSPS) is 21.3. The molecule has 5 aromatic rings. The summed E-state index contributed by atoms with van der Waals surface area (Å²) in [6, 6.07) is 38.0. The summed E-state index contributed by atoms with van der Waals surface area (Å²) in [5.41, 5.74) is 12.5. The number of halogens is 2. The predicted octanol–water partition coefficient (Wildman–Crippen LogP) is 16.1. The molecule has 0 amide bonds. The maximum absolute atomic E-state index is 3.95. The Morgan fingerprint density at radius 3 is 1.73 bits per heavy atom. The van der Waals surface area contributed by atoms with Gasteiger partial charge in [-0.05, 0) is 40.6 Å². The molecule has 1 fully saturated rings. The molecule has 5 aromatic carbocycles. The van der Waals surface area contributed by atoms with Gasteiger partial charge in [-0.15, -0.1) is 73.2 Å². The van der Waals surface area contributed by atoms with E-state index in [-0.39, 0.29) is 46.5 Å². The topological polar surface area (TPSA) is 0 Å². The molecular formula is C57H64Cl2Zr-4. The van der Waals surface area contributed by atoms with Crippen LogP contribution >= 0.6 is 24.8 Å². The molecule has 0 nitrogen and oxygen atoms in total. The van der Waals surface area contributed by atoms with Gasteiger partial charge in [-0.3, -0.25) is 6.08 Å². The average molecular weight is 911 g/mol. The summed E-state index contributed by atoms with van der Waals surface area (Å²) in [4.78, 5) is 0. The first-order chi connectivity index (χ1) is 27.7. The monoisotopic (exact) mass is 908 g/mol. The van der Waals surface area contributed by atoms with E-state index in [4.69, 9.17) is 0 Å². The van der Waals surface area contributed by atoms with Crippen LogP contribution < -0.4 is 0 Å². The molecule has 0 aromatic heterocycles. The van der Waals surface area contributed by atoms with Gasteiger partial charge in [-0.1, -0.05) is 173 Å². The summed E-state index contributed by atoms with van der Waals surface area (Å²) >= 11 is 1.30. The zero-order valence-corrected chi connectivity index (χ0v) is 41.2. The molecule has 5 aliphatic carbocycles. The fraction of sp³-hybridized carbons (Fsp3) is 0.298. The number of hydrogen-bond acceptors (Lipinski definition) is 0. The van der Waals surface area contributed by atoms with Gasteiger partial charge in [0.25, 0.3) is 0 Å². The summed E-state index contributed by atoms with van der Waals surface area (Å²) in [7, 11) is 0. The second-order valence-electron chi connectivity index (χ2n) is 18.0. The third-order valence-electron chi connectivity index (χ3n) is 15.1. The molecular weight excluding hydrogens is 847 g/mol. The van der Waals surface area contributed by atoms with Crippen LogP contribution in [0.5, 0.6) is 0 Å². The van der Waals surface area contributed by atoms with E-state index in [9.17, 15) is 0 Å². The average Bonchev–Trinajstić information content (AvgIpc) is 3.95. The molecule has 60 heavy (non-hydrogen) atoms. The molecule has 0 bridgehead atoms. The van der Waals surface area contributed by atoms with Crippen LogP contribution in [-0.2, 0) is 30.7 Å². The first-order valence-electron chi connectivity index (χ1n) is 21.0. The molecule has 0 radical (unpaired) electrons. The Balaban J connectivity index is 0.000000209. The first kappa shape index (κ1) is 48.9. The maximum atomic E-state index is 3.95. The summed E-state index contributed by atoms with van der Waals surface area (Å²) in [5.74, 6) is 2.24. The molecule has 0 heterocycles. The van der Waals surface area contributed by atoms with Gasteiger partial charge in [0, 0.05) is 0 Å². The zero-order chi connectivity index (χ0) is 41.9. The first-order valence-corrected chi connectivity index (χ1v) is 22.7. The van der Waals surface area contributed by atoms with Crippen molar-refractivity contribution in [1.29, 1.82) is 0 Å². The van der Waals surface area contributed by atoms with Crippen LogP contribution in [0.1, 0.15) is 96.9 Å². The minimum absolute atomic E-state index is 0. The Labute approximate surface area is 390 Å². The van der Waals surface area contributed by atoms with E-state index in [1.807, 2.05) is 60.7 Å². The second kappa shape index (κ2) is 20.0. The summed E-state index contributed by atoms with van der Waals surface area (Å²) in [5, 5.41) is 5.02. The van der Waals surface area contributed by atoms with Crippen molar-refractivity contribution in [3.8, 4) is 0 Å². The van der Waals surface area contributed by atoms with Crippen LogP contribution in [0.2, 0.25) is 0 Å². The number of rotatable bonds is 0. The third kappa shape index (κ3) is 8.54. The Bertz CT molecular complexity index is 2340. The van der Waals surface area contributed by atoms with E-state index in [1.54, 1.807) is 28.2 Å². The number of allylic oxidation sites excluding steroid dienone is 10. The Hall–Kier alpha value is -3.74. The van der Waals surface area contributed by atoms with Crippen molar-refractivity contribution in [3.63, 3.8) is 0 Å². The fourth-order valence-electron chi connectivity index (χ4n) is 10.5. The van der Waals surface area contributed by atoms with Gasteiger partial charge < -0.3 is 0 Å². The van der Waals surface area contributed by atoms with Crippen LogP contribution in [0.15, 0.2) is 156 Å². The van der Waals surface area contributed by atoms with E-state index in [0.29, 0.717) is 5.92 Å². The van der Waals surface area contributed by atoms with Crippen molar-refractivity contribution < 1.29 is 24.2 Å². The Morgan fingerprint density at radius 2 is 1.22 bits per heavy atom.